The van der Waals surface area contributed by atoms with E-state index >= 15 is 0 Å². The summed E-state index contributed by atoms with van der Waals surface area (Å²) in [6.45, 7) is 0.997. The summed E-state index contributed by atoms with van der Waals surface area (Å²) < 4.78 is 5.96. The lowest BCUT2D eigenvalue weighted by molar-refractivity contribution is 0.0730. The first-order valence-electron chi connectivity index (χ1n) is 10.1. The number of carbonyl (C=O) groups excluding carboxylic acids is 1. The van der Waals surface area contributed by atoms with Crippen LogP contribution >= 0.6 is 11.6 Å². The summed E-state index contributed by atoms with van der Waals surface area (Å²) in [6, 6.07) is 34.4. The number of halogens is 1. The van der Waals surface area contributed by atoms with Gasteiger partial charge in [0.05, 0.1) is 0 Å². The van der Waals surface area contributed by atoms with Gasteiger partial charge in [-0.1, -0.05) is 72.3 Å². The lowest BCUT2D eigenvalue weighted by Crippen LogP contribution is -2.30. The molecule has 0 radical (unpaired) electrons. The van der Waals surface area contributed by atoms with Crippen molar-refractivity contribution >= 4 is 17.5 Å². The van der Waals surface area contributed by atoms with Crippen LogP contribution in [0.2, 0.25) is 5.02 Å². The third-order valence-electron chi connectivity index (χ3n) is 4.85. The largest absolute Gasteiger partial charge is 0.457 e. The van der Waals surface area contributed by atoms with E-state index in [1.165, 1.54) is 0 Å². The van der Waals surface area contributed by atoms with E-state index in [2.05, 4.69) is 0 Å². The SMILES string of the molecule is O=C(c1ccccc1)N(Cc1ccccc1)Cc1cccc(Oc2ccc(Cl)cc2)c1. The maximum absolute atomic E-state index is 13.2. The van der Waals surface area contributed by atoms with Crippen molar-refractivity contribution in [3.63, 3.8) is 0 Å². The van der Waals surface area contributed by atoms with Gasteiger partial charge in [-0.25, -0.2) is 0 Å². The Morgan fingerprint density at radius 2 is 1.29 bits per heavy atom. The zero-order valence-electron chi connectivity index (χ0n) is 16.9. The number of nitrogens with zero attached hydrogens (tertiary/aromatic N) is 1. The highest BCUT2D eigenvalue weighted by molar-refractivity contribution is 6.30. The Morgan fingerprint density at radius 3 is 2.00 bits per heavy atom. The Hall–Kier alpha value is -3.56. The number of ether oxygens (including phenoxy) is 1. The smallest absolute Gasteiger partial charge is 0.254 e. The summed E-state index contributed by atoms with van der Waals surface area (Å²) in [6.07, 6.45) is 0. The molecular formula is C27H22ClNO2. The highest BCUT2D eigenvalue weighted by atomic mass is 35.5. The second kappa shape index (κ2) is 9.96. The molecule has 4 heteroatoms. The van der Waals surface area contributed by atoms with E-state index in [1.807, 2.05) is 102 Å². The molecule has 3 nitrogen and oxygen atoms in total. The van der Waals surface area contributed by atoms with Gasteiger partial charge in [0.15, 0.2) is 0 Å². The van der Waals surface area contributed by atoms with Crippen LogP contribution in [0.3, 0.4) is 0 Å². The molecule has 4 aromatic rings. The van der Waals surface area contributed by atoms with Crippen molar-refractivity contribution in [3.05, 3.63) is 131 Å². The molecule has 0 atom stereocenters. The van der Waals surface area contributed by atoms with Gasteiger partial charge in [0, 0.05) is 23.7 Å². The minimum absolute atomic E-state index is 0.00604. The van der Waals surface area contributed by atoms with E-state index in [0.29, 0.717) is 35.2 Å². The van der Waals surface area contributed by atoms with E-state index in [0.717, 1.165) is 11.1 Å². The lowest BCUT2D eigenvalue weighted by atomic mass is 10.1. The summed E-state index contributed by atoms with van der Waals surface area (Å²) in [5.41, 5.74) is 2.75. The van der Waals surface area contributed by atoms with Gasteiger partial charge < -0.3 is 9.64 Å². The summed E-state index contributed by atoms with van der Waals surface area (Å²) in [5.74, 6) is 1.42. The van der Waals surface area contributed by atoms with Crippen LogP contribution in [0.4, 0.5) is 0 Å². The summed E-state index contributed by atoms with van der Waals surface area (Å²) >= 11 is 5.95. The molecule has 31 heavy (non-hydrogen) atoms. The van der Waals surface area contributed by atoms with Crippen molar-refractivity contribution in [2.45, 2.75) is 13.1 Å². The van der Waals surface area contributed by atoms with Crippen LogP contribution in [0, 0.1) is 0 Å². The van der Waals surface area contributed by atoms with E-state index < -0.39 is 0 Å². The molecule has 0 aliphatic heterocycles. The second-order valence-corrected chi connectivity index (χ2v) is 7.65. The first-order chi connectivity index (χ1) is 15.2. The summed E-state index contributed by atoms with van der Waals surface area (Å²) in [7, 11) is 0. The molecule has 154 valence electrons. The fourth-order valence-electron chi connectivity index (χ4n) is 3.33. The molecule has 1 amide bonds. The zero-order valence-corrected chi connectivity index (χ0v) is 17.7. The van der Waals surface area contributed by atoms with E-state index in [1.54, 1.807) is 12.1 Å². The van der Waals surface area contributed by atoms with E-state index in [4.69, 9.17) is 16.3 Å². The average molecular weight is 428 g/mol. The molecule has 0 heterocycles. The van der Waals surface area contributed by atoms with Crippen LogP contribution < -0.4 is 4.74 Å². The van der Waals surface area contributed by atoms with Crippen LogP contribution in [0.15, 0.2) is 109 Å². The Bertz CT molecular complexity index is 1130. The summed E-state index contributed by atoms with van der Waals surface area (Å²) in [4.78, 5) is 15.1. The molecule has 0 aromatic heterocycles. The maximum atomic E-state index is 13.2. The molecule has 0 N–H and O–H groups in total. The average Bonchev–Trinajstić information content (AvgIpc) is 2.81. The van der Waals surface area contributed by atoms with Gasteiger partial charge in [-0.3, -0.25) is 4.79 Å². The van der Waals surface area contributed by atoms with Crippen molar-refractivity contribution in [1.82, 2.24) is 4.90 Å². The minimum Gasteiger partial charge on any atom is -0.457 e. The first-order valence-corrected chi connectivity index (χ1v) is 10.5. The first kappa shape index (κ1) is 20.7. The van der Waals surface area contributed by atoms with E-state index in [9.17, 15) is 4.79 Å². The number of hydrogen-bond acceptors (Lipinski definition) is 2. The van der Waals surface area contributed by atoms with Crippen molar-refractivity contribution in [2.75, 3.05) is 0 Å². The van der Waals surface area contributed by atoms with Crippen LogP contribution in [-0.4, -0.2) is 10.8 Å². The highest BCUT2D eigenvalue weighted by Gasteiger charge is 2.17. The molecular weight excluding hydrogens is 406 g/mol. The number of hydrogen-bond donors (Lipinski definition) is 0. The molecule has 0 aliphatic rings. The molecule has 0 saturated heterocycles. The third kappa shape index (κ3) is 5.74. The highest BCUT2D eigenvalue weighted by Crippen LogP contribution is 2.25. The minimum atomic E-state index is -0.00604. The Morgan fingerprint density at radius 1 is 0.677 bits per heavy atom. The lowest BCUT2D eigenvalue weighted by Gasteiger charge is -2.23. The fraction of sp³-hybridized carbons (Fsp3) is 0.0741. The van der Waals surface area contributed by atoms with Gasteiger partial charge in [-0.2, -0.15) is 0 Å². The molecule has 0 saturated carbocycles. The normalized spacial score (nSPS) is 10.5. The predicted molar refractivity (Wildman–Crippen MR) is 124 cm³/mol. The number of rotatable bonds is 7. The van der Waals surface area contributed by atoms with Gasteiger partial charge in [-0.05, 0) is 59.7 Å². The second-order valence-electron chi connectivity index (χ2n) is 7.22. The number of carbonyl (C=O) groups is 1. The van der Waals surface area contributed by atoms with Crippen molar-refractivity contribution in [1.29, 1.82) is 0 Å². The molecule has 0 fully saturated rings. The standard InChI is InChI=1S/C27H22ClNO2/c28-24-14-16-25(17-15-24)31-26-13-7-10-22(18-26)20-29(19-21-8-3-1-4-9-21)27(30)23-11-5-2-6-12-23/h1-18H,19-20H2. The fourth-order valence-corrected chi connectivity index (χ4v) is 3.46. The molecule has 4 aromatic carbocycles. The Labute approximate surface area is 187 Å². The van der Waals surface area contributed by atoms with Gasteiger partial charge >= 0.3 is 0 Å². The zero-order chi connectivity index (χ0) is 21.5. The van der Waals surface area contributed by atoms with Gasteiger partial charge in [-0.15, -0.1) is 0 Å². The van der Waals surface area contributed by atoms with Gasteiger partial charge in [0.25, 0.3) is 5.91 Å². The van der Waals surface area contributed by atoms with Crippen LogP contribution in [0.1, 0.15) is 21.5 Å². The quantitative estimate of drug-likeness (QED) is 0.318. The Balaban J connectivity index is 1.56. The van der Waals surface area contributed by atoms with E-state index in [-0.39, 0.29) is 5.91 Å². The van der Waals surface area contributed by atoms with Crippen LogP contribution in [0.5, 0.6) is 11.5 Å². The molecule has 0 bridgehead atoms. The molecule has 0 aliphatic carbocycles. The topological polar surface area (TPSA) is 29.5 Å². The van der Waals surface area contributed by atoms with Crippen molar-refractivity contribution < 1.29 is 9.53 Å². The monoisotopic (exact) mass is 427 g/mol. The third-order valence-corrected chi connectivity index (χ3v) is 5.10. The van der Waals surface area contributed by atoms with Crippen molar-refractivity contribution in [3.8, 4) is 11.5 Å². The number of amides is 1. The van der Waals surface area contributed by atoms with Crippen LogP contribution in [-0.2, 0) is 13.1 Å². The molecule has 0 spiro atoms. The number of benzene rings is 4. The summed E-state index contributed by atoms with van der Waals surface area (Å²) in [5, 5.41) is 0.664. The Kier molecular flexibility index (Phi) is 6.65. The predicted octanol–water partition coefficient (Wildman–Crippen LogP) is 6.97. The maximum Gasteiger partial charge on any atom is 0.254 e. The van der Waals surface area contributed by atoms with Gasteiger partial charge in [0.2, 0.25) is 0 Å². The molecule has 0 unspecified atom stereocenters. The van der Waals surface area contributed by atoms with Crippen LogP contribution in [0.25, 0.3) is 0 Å². The molecule has 4 rings (SSSR count). The van der Waals surface area contributed by atoms with Crippen molar-refractivity contribution in [2.24, 2.45) is 0 Å². The van der Waals surface area contributed by atoms with Gasteiger partial charge in [0.1, 0.15) is 11.5 Å².